The largest absolute Gasteiger partial charge is 0.483 e. The number of hydrogen-bond donors (Lipinski definition) is 0. The van der Waals surface area contributed by atoms with E-state index in [1.165, 1.54) is 0 Å². The lowest BCUT2D eigenvalue weighted by Crippen LogP contribution is -2.30. The highest BCUT2D eigenvalue weighted by molar-refractivity contribution is 5.77. The Balaban J connectivity index is 1.89. The second kappa shape index (κ2) is 6.97. The van der Waals surface area contributed by atoms with Crippen LogP contribution in [0.15, 0.2) is 40.8 Å². The van der Waals surface area contributed by atoms with Crippen LogP contribution in [-0.2, 0) is 17.8 Å². The minimum atomic E-state index is -0.0741. The van der Waals surface area contributed by atoms with E-state index in [1.807, 2.05) is 43.3 Å². The van der Waals surface area contributed by atoms with Crippen molar-refractivity contribution in [2.75, 3.05) is 13.7 Å². The third kappa shape index (κ3) is 4.12. The Labute approximate surface area is 125 Å². The number of carbonyl (C=O) groups is 1. The number of ether oxygens (including phenoxy) is 1. The smallest absolute Gasteiger partial charge is 0.260 e. The average Bonchev–Trinajstić information content (AvgIpc) is 2.90. The number of hydrogen-bond acceptors (Lipinski definition) is 3. The van der Waals surface area contributed by atoms with Gasteiger partial charge in [0.2, 0.25) is 0 Å². The van der Waals surface area contributed by atoms with Gasteiger partial charge in [0.25, 0.3) is 5.91 Å². The second-order valence-corrected chi connectivity index (χ2v) is 5.01. The van der Waals surface area contributed by atoms with Crippen LogP contribution in [0.25, 0.3) is 0 Å². The molecule has 0 fully saturated rings. The van der Waals surface area contributed by atoms with Gasteiger partial charge in [0.1, 0.15) is 17.3 Å². The van der Waals surface area contributed by atoms with Gasteiger partial charge in [0, 0.05) is 7.05 Å². The van der Waals surface area contributed by atoms with Crippen molar-refractivity contribution in [2.45, 2.75) is 26.8 Å². The summed E-state index contributed by atoms with van der Waals surface area (Å²) in [6.45, 7) is 4.43. The van der Waals surface area contributed by atoms with Crippen LogP contribution in [0, 0.1) is 6.92 Å². The molecule has 0 atom stereocenters. The van der Waals surface area contributed by atoms with Crippen molar-refractivity contribution < 1.29 is 13.9 Å². The molecule has 21 heavy (non-hydrogen) atoms. The lowest BCUT2D eigenvalue weighted by Gasteiger charge is -2.17. The van der Waals surface area contributed by atoms with Crippen molar-refractivity contribution in [3.05, 3.63) is 53.5 Å². The van der Waals surface area contributed by atoms with Gasteiger partial charge >= 0.3 is 0 Å². The number of nitrogens with zero attached hydrogens (tertiary/aromatic N) is 1. The van der Waals surface area contributed by atoms with Crippen molar-refractivity contribution in [3.63, 3.8) is 0 Å². The van der Waals surface area contributed by atoms with E-state index in [0.717, 1.165) is 29.3 Å². The summed E-state index contributed by atoms with van der Waals surface area (Å²) in [6, 6.07) is 11.6. The standard InChI is InChI=1S/C17H21NO3/c1-4-14-7-5-6-8-16(14)20-12-17(19)18(3)11-15-10-9-13(2)21-15/h5-10H,4,11-12H2,1-3H3. The number of rotatable bonds is 6. The third-order valence-electron chi connectivity index (χ3n) is 3.32. The molecule has 0 aliphatic rings. The SMILES string of the molecule is CCc1ccccc1OCC(=O)N(C)Cc1ccc(C)o1. The summed E-state index contributed by atoms with van der Waals surface area (Å²) in [5.41, 5.74) is 1.11. The molecule has 0 aliphatic heterocycles. The zero-order valence-electron chi connectivity index (χ0n) is 12.8. The highest BCUT2D eigenvalue weighted by Gasteiger charge is 2.12. The molecule has 1 aromatic heterocycles. The zero-order valence-corrected chi connectivity index (χ0v) is 12.8. The molecule has 2 rings (SSSR count). The van der Waals surface area contributed by atoms with Crippen LogP contribution in [-0.4, -0.2) is 24.5 Å². The number of benzene rings is 1. The molecule has 0 N–H and O–H groups in total. The number of furan rings is 1. The molecule has 0 unspecified atom stereocenters. The monoisotopic (exact) mass is 287 g/mol. The van der Waals surface area contributed by atoms with E-state index in [9.17, 15) is 4.79 Å². The van der Waals surface area contributed by atoms with Crippen LogP contribution >= 0.6 is 0 Å². The van der Waals surface area contributed by atoms with E-state index in [1.54, 1.807) is 11.9 Å². The Morgan fingerprint density at radius 2 is 2.00 bits per heavy atom. The van der Waals surface area contributed by atoms with Crippen LogP contribution in [0.1, 0.15) is 24.0 Å². The summed E-state index contributed by atoms with van der Waals surface area (Å²) in [7, 11) is 1.75. The van der Waals surface area contributed by atoms with Gasteiger partial charge in [0.15, 0.2) is 6.61 Å². The summed E-state index contributed by atoms with van der Waals surface area (Å²) in [4.78, 5) is 13.7. The summed E-state index contributed by atoms with van der Waals surface area (Å²) in [5, 5.41) is 0. The maximum absolute atomic E-state index is 12.1. The number of likely N-dealkylation sites (N-methyl/N-ethyl adjacent to an activating group) is 1. The topological polar surface area (TPSA) is 42.7 Å². The maximum Gasteiger partial charge on any atom is 0.260 e. The van der Waals surface area contributed by atoms with E-state index < -0.39 is 0 Å². The van der Waals surface area contributed by atoms with E-state index >= 15 is 0 Å². The van der Waals surface area contributed by atoms with Gasteiger partial charge in [-0.3, -0.25) is 4.79 Å². The first-order valence-corrected chi connectivity index (χ1v) is 7.10. The van der Waals surface area contributed by atoms with Crippen LogP contribution < -0.4 is 4.74 Å². The van der Waals surface area contributed by atoms with Gasteiger partial charge in [-0.1, -0.05) is 25.1 Å². The minimum absolute atomic E-state index is 0.0349. The number of carbonyl (C=O) groups excluding carboxylic acids is 1. The average molecular weight is 287 g/mol. The predicted molar refractivity (Wildman–Crippen MR) is 81.2 cm³/mol. The highest BCUT2D eigenvalue weighted by Crippen LogP contribution is 2.18. The van der Waals surface area contributed by atoms with Crippen LogP contribution in [0.4, 0.5) is 0 Å². The fourth-order valence-corrected chi connectivity index (χ4v) is 2.08. The van der Waals surface area contributed by atoms with E-state index in [2.05, 4.69) is 6.92 Å². The van der Waals surface area contributed by atoms with Crippen LogP contribution in [0.3, 0.4) is 0 Å². The zero-order chi connectivity index (χ0) is 15.2. The molecular formula is C17H21NO3. The third-order valence-corrected chi connectivity index (χ3v) is 3.32. The summed E-state index contributed by atoms with van der Waals surface area (Å²) >= 11 is 0. The Morgan fingerprint density at radius 1 is 1.24 bits per heavy atom. The van der Waals surface area contributed by atoms with E-state index in [0.29, 0.717) is 6.54 Å². The van der Waals surface area contributed by atoms with E-state index in [4.69, 9.17) is 9.15 Å². The van der Waals surface area contributed by atoms with Gasteiger partial charge in [-0.2, -0.15) is 0 Å². The summed E-state index contributed by atoms with van der Waals surface area (Å²) < 4.78 is 11.1. The van der Waals surface area contributed by atoms with Crippen molar-refractivity contribution in [3.8, 4) is 5.75 Å². The summed E-state index contributed by atoms with van der Waals surface area (Å²) in [5.74, 6) is 2.32. The molecule has 0 aliphatic carbocycles. The fourth-order valence-electron chi connectivity index (χ4n) is 2.08. The molecule has 1 amide bonds. The molecule has 1 heterocycles. The molecule has 4 nitrogen and oxygen atoms in total. The number of para-hydroxylation sites is 1. The molecule has 0 saturated carbocycles. The summed E-state index contributed by atoms with van der Waals surface area (Å²) in [6.07, 6.45) is 0.881. The predicted octanol–water partition coefficient (Wildman–Crippen LogP) is 3.19. The van der Waals surface area contributed by atoms with Gasteiger partial charge in [0.05, 0.1) is 6.54 Å². The Hall–Kier alpha value is -2.23. The molecule has 112 valence electrons. The first-order chi connectivity index (χ1) is 10.1. The van der Waals surface area contributed by atoms with Crippen LogP contribution in [0.2, 0.25) is 0 Å². The van der Waals surface area contributed by atoms with Crippen molar-refractivity contribution >= 4 is 5.91 Å². The maximum atomic E-state index is 12.1. The molecule has 1 aromatic carbocycles. The first-order valence-electron chi connectivity index (χ1n) is 7.10. The Morgan fingerprint density at radius 3 is 2.67 bits per heavy atom. The molecular weight excluding hydrogens is 266 g/mol. The lowest BCUT2D eigenvalue weighted by molar-refractivity contribution is -0.132. The quantitative estimate of drug-likeness (QED) is 0.819. The van der Waals surface area contributed by atoms with Crippen LogP contribution in [0.5, 0.6) is 5.75 Å². The Kier molecular flexibility index (Phi) is 5.04. The first kappa shape index (κ1) is 15.2. The molecule has 0 radical (unpaired) electrons. The number of aryl methyl sites for hydroxylation is 2. The lowest BCUT2D eigenvalue weighted by atomic mass is 10.1. The molecule has 0 bridgehead atoms. The van der Waals surface area contributed by atoms with Crippen molar-refractivity contribution in [1.29, 1.82) is 0 Å². The highest BCUT2D eigenvalue weighted by atomic mass is 16.5. The van der Waals surface area contributed by atoms with E-state index in [-0.39, 0.29) is 12.5 Å². The second-order valence-electron chi connectivity index (χ2n) is 5.01. The van der Waals surface area contributed by atoms with Gasteiger partial charge < -0.3 is 14.1 Å². The fraction of sp³-hybridized carbons (Fsp3) is 0.353. The van der Waals surface area contributed by atoms with Gasteiger partial charge in [-0.25, -0.2) is 0 Å². The van der Waals surface area contributed by atoms with Gasteiger partial charge in [-0.15, -0.1) is 0 Å². The molecule has 4 heteroatoms. The normalized spacial score (nSPS) is 10.4. The Bertz CT molecular complexity index is 604. The molecule has 2 aromatic rings. The molecule has 0 spiro atoms. The minimum Gasteiger partial charge on any atom is -0.483 e. The number of amides is 1. The van der Waals surface area contributed by atoms with Crippen molar-refractivity contribution in [1.82, 2.24) is 4.90 Å². The van der Waals surface area contributed by atoms with Crippen molar-refractivity contribution in [2.24, 2.45) is 0 Å². The van der Waals surface area contributed by atoms with Gasteiger partial charge in [-0.05, 0) is 37.1 Å². The molecule has 0 saturated heterocycles.